The fourth-order valence-corrected chi connectivity index (χ4v) is 3.48. The van der Waals surface area contributed by atoms with Crippen LogP contribution in [0.5, 0.6) is 0 Å². The van der Waals surface area contributed by atoms with Gasteiger partial charge < -0.3 is 4.98 Å². The standard InChI is InChI=1S/C18H9ClN2O/c19-10-5-6-13-15(9-10)21-8-7-12-11-3-1-2-4-14(11)20-16(12)17(21)18(13)22/h1-9H/p+1. The van der Waals surface area contributed by atoms with Gasteiger partial charge in [-0.1, -0.05) is 29.8 Å². The topological polar surface area (TPSA) is 36.7 Å². The molecule has 4 heteroatoms. The van der Waals surface area contributed by atoms with E-state index in [-0.39, 0.29) is 5.78 Å². The van der Waals surface area contributed by atoms with Crippen molar-refractivity contribution < 1.29 is 9.36 Å². The van der Waals surface area contributed by atoms with Crippen molar-refractivity contribution in [1.29, 1.82) is 0 Å². The molecule has 2 aromatic heterocycles. The van der Waals surface area contributed by atoms with Gasteiger partial charge in [0.05, 0.1) is 0 Å². The van der Waals surface area contributed by atoms with Crippen LogP contribution >= 0.6 is 11.6 Å². The van der Waals surface area contributed by atoms with E-state index < -0.39 is 0 Å². The number of halogens is 1. The normalized spacial score (nSPS) is 12.9. The number of pyridine rings is 1. The highest BCUT2D eigenvalue weighted by Gasteiger charge is 2.38. The fraction of sp³-hybridized carbons (Fsp3) is 0. The Labute approximate surface area is 130 Å². The number of rotatable bonds is 0. The summed E-state index contributed by atoms with van der Waals surface area (Å²) in [7, 11) is 0. The zero-order valence-corrected chi connectivity index (χ0v) is 12.2. The number of carbonyl (C=O) groups is 1. The molecule has 2 aromatic carbocycles. The van der Waals surface area contributed by atoms with Crippen molar-refractivity contribution in [3.05, 3.63) is 71.0 Å². The highest BCUT2D eigenvalue weighted by molar-refractivity contribution is 6.31. The summed E-state index contributed by atoms with van der Waals surface area (Å²) in [6.07, 6.45) is 1.94. The molecule has 0 fully saturated rings. The van der Waals surface area contributed by atoms with E-state index in [0.29, 0.717) is 16.3 Å². The van der Waals surface area contributed by atoms with Gasteiger partial charge in [0.1, 0.15) is 11.1 Å². The smallest absolute Gasteiger partial charge is 0.284 e. The van der Waals surface area contributed by atoms with Crippen LogP contribution in [0.25, 0.3) is 27.5 Å². The first kappa shape index (κ1) is 12.0. The number of benzene rings is 2. The summed E-state index contributed by atoms with van der Waals surface area (Å²) in [5.74, 6) is 0.0313. The molecule has 3 heterocycles. The molecule has 1 N–H and O–H groups in total. The number of fused-ring (bicyclic) bond motifs is 7. The first-order valence-electron chi connectivity index (χ1n) is 7.04. The predicted molar refractivity (Wildman–Crippen MR) is 85.8 cm³/mol. The molecule has 3 nitrogen and oxygen atoms in total. The minimum absolute atomic E-state index is 0.0313. The van der Waals surface area contributed by atoms with Crippen molar-refractivity contribution in [3.63, 3.8) is 0 Å². The third-order valence-electron chi connectivity index (χ3n) is 4.29. The van der Waals surface area contributed by atoms with Gasteiger partial charge in [0.2, 0.25) is 5.69 Å². The SMILES string of the molecule is O=C1c2ccc(Cl)cc2-[n+]2ccc3c([nH]c4ccccc43)c21. The second-order valence-corrected chi connectivity index (χ2v) is 5.92. The van der Waals surface area contributed by atoms with Crippen molar-refractivity contribution in [2.45, 2.75) is 0 Å². The Balaban J connectivity index is 1.95. The lowest BCUT2D eigenvalue weighted by atomic mass is 10.1. The highest BCUT2D eigenvalue weighted by atomic mass is 35.5. The monoisotopic (exact) mass is 305 g/mol. The van der Waals surface area contributed by atoms with E-state index in [4.69, 9.17) is 11.6 Å². The molecule has 0 aliphatic carbocycles. The van der Waals surface area contributed by atoms with Crippen molar-refractivity contribution in [2.24, 2.45) is 0 Å². The Bertz CT molecular complexity index is 1110. The molecule has 0 unspecified atom stereocenters. The third-order valence-corrected chi connectivity index (χ3v) is 4.53. The lowest BCUT2D eigenvalue weighted by Crippen LogP contribution is -2.32. The van der Waals surface area contributed by atoms with E-state index in [2.05, 4.69) is 11.1 Å². The van der Waals surface area contributed by atoms with Gasteiger partial charge in [0.15, 0.2) is 6.20 Å². The van der Waals surface area contributed by atoms with Crippen molar-refractivity contribution in [3.8, 4) is 5.69 Å². The first-order chi connectivity index (χ1) is 10.7. The summed E-state index contributed by atoms with van der Waals surface area (Å²) in [4.78, 5) is 16.2. The molecule has 0 radical (unpaired) electrons. The molecule has 22 heavy (non-hydrogen) atoms. The van der Waals surface area contributed by atoms with Crippen LogP contribution < -0.4 is 4.57 Å². The Hall–Kier alpha value is -2.65. The lowest BCUT2D eigenvalue weighted by molar-refractivity contribution is -0.592. The Morgan fingerprint density at radius 2 is 1.86 bits per heavy atom. The van der Waals surface area contributed by atoms with Gasteiger partial charge in [-0.05, 0) is 18.2 Å². The van der Waals surface area contributed by atoms with E-state index in [1.807, 2.05) is 41.1 Å². The van der Waals surface area contributed by atoms with Crippen LogP contribution in [0.2, 0.25) is 5.02 Å². The van der Waals surface area contributed by atoms with Crippen molar-refractivity contribution in [1.82, 2.24) is 4.98 Å². The fourth-order valence-electron chi connectivity index (χ4n) is 3.31. The minimum Gasteiger partial charge on any atom is -0.349 e. The van der Waals surface area contributed by atoms with Gasteiger partial charge in [-0.2, -0.15) is 4.57 Å². The lowest BCUT2D eigenvalue weighted by Gasteiger charge is -1.95. The predicted octanol–water partition coefficient (Wildman–Crippen LogP) is 3.80. The van der Waals surface area contributed by atoms with E-state index in [1.54, 1.807) is 12.1 Å². The third kappa shape index (κ3) is 1.36. The summed E-state index contributed by atoms with van der Waals surface area (Å²) >= 11 is 6.09. The van der Waals surface area contributed by atoms with Gasteiger partial charge >= 0.3 is 0 Å². The Morgan fingerprint density at radius 3 is 2.77 bits per heavy atom. The number of aromatic amines is 1. The molecular weight excluding hydrogens is 296 g/mol. The van der Waals surface area contributed by atoms with Crippen molar-refractivity contribution in [2.75, 3.05) is 0 Å². The maximum Gasteiger partial charge on any atom is 0.284 e. The molecule has 0 amide bonds. The molecule has 4 aromatic rings. The zero-order chi connectivity index (χ0) is 14.8. The van der Waals surface area contributed by atoms with Gasteiger partial charge in [-0.15, -0.1) is 0 Å². The molecule has 0 saturated carbocycles. The summed E-state index contributed by atoms with van der Waals surface area (Å²) < 4.78 is 1.92. The number of nitrogens with zero attached hydrogens (tertiary/aromatic N) is 1. The van der Waals surface area contributed by atoms with Crippen molar-refractivity contribution >= 4 is 39.2 Å². The highest BCUT2D eigenvalue weighted by Crippen LogP contribution is 2.31. The Kier molecular flexibility index (Phi) is 2.15. The number of ketones is 1. The zero-order valence-electron chi connectivity index (χ0n) is 11.4. The quantitative estimate of drug-likeness (QED) is 0.434. The number of carbonyl (C=O) groups excluding carboxylic acids is 1. The minimum atomic E-state index is 0.0313. The van der Waals surface area contributed by atoms with Gasteiger partial charge in [-0.25, -0.2) is 0 Å². The summed E-state index contributed by atoms with van der Waals surface area (Å²) in [5, 5.41) is 2.82. The Morgan fingerprint density at radius 1 is 1.00 bits per heavy atom. The van der Waals surface area contributed by atoms with Crippen LogP contribution in [0.4, 0.5) is 0 Å². The van der Waals surface area contributed by atoms with Crippen LogP contribution in [0.3, 0.4) is 0 Å². The molecule has 5 rings (SSSR count). The van der Waals surface area contributed by atoms with Crippen LogP contribution in [-0.2, 0) is 0 Å². The van der Waals surface area contributed by atoms with E-state index in [0.717, 1.165) is 27.5 Å². The second kappa shape index (κ2) is 3.96. The summed E-state index contributed by atoms with van der Waals surface area (Å²) in [5.41, 5.74) is 4.11. The van der Waals surface area contributed by atoms with Gasteiger partial charge in [-0.3, -0.25) is 4.79 Å². The van der Waals surface area contributed by atoms with Gasteiger partial charge in [0.25, 0.3) is 11.5 Å². The molecule has 0 saturated heterocycles. The molecule has 0 spiro atoms. The number of para-hydroxylation sites is 1. The van der Waals surface area contributed by atoms with Crippen LogP contribution in [0.1, 0.15) is 16.1 Å². The average molecular weight is 306 g/mol. The molecule has 1 aliphatic heterocycles. The molecule has 0 bridgehead atoms. The number of hydrogen-bond acceptors (Lipinski definition) is 1. The van der Waals surface area contributed by atoms with Crippen LogP contribution in [0, 0.1) is 0 Å². The molecule has 104 valence electrons. The van der Waals surface area contributed by atoms with E-state index >= 15 is 0 Å². The van der Waals surface area contributed by atoms with Crippen LogP contribution in [0.15, 0.2) is 54.7 Å². The maximum absolute atomic E-state index is 12.8. The first-order valence-corrected chi connectivity index (χ1v) is 7.41. The molecule has 1 aliphatic rings. The van der Waals surface area contributed by atoms with Gasteiger partial charge in [0, 0.05) is 33.4 Å². The number of H-pyrrole nitrogens is 1. The molecule has 0 atom stereocenters. The average Bonchev–Trinajstić information content (AvgIpc) is 3.03. The maximum atomic E-state index is 12.8. The van der Waals surface area contributed by atoms with Crippen LogP contribution in [-0.4, -0.2) is 10.8 Å². The largest absolute Gasteiger partial charge is 0.349 e. The number of hydrogen-bond donors (Lipinski definition) is 1. The number of nitrogens with one attached hydrogen (secondary N) is 1. The van der Waals surface area contributed by atoms with E-state index in [1.165, 1.54) is 0 Å². The van der Waals surface area contributed by atoms with E-state index in [9.17, 15) is 4.79 Å². The summed E-state index contributed by atoms with van der Waals surface area (Å²) in [6.45, 7) is 0. The molecular formula is C18H10ClN2O+. The summed E-state index contributed by atoms with van der Waals surface area (Å²) in [6, 6.07) is 15.5. The number of aromatic nitrogens is 2. The second-order valence-electron chi connectivity index (χ2n) is 5.48.